The highest BCUT2D eigenvalue weighted by Gasteiger charge is 2.16. The van der Waals surface area contributed by atoms with Crippen molar-refractivity contribution in [3.05, 3.63) is 35.4 Å². The van der Waals surface area contributed by atoms with Crippen molar-refractivity contribution in [1.82, 2.24) is 0 Å². The van der Waals surface area contributed by atoms with Gasteiger partial charge in [0.25, 0.3) is 0 Å². The van der Waals surface area contributed by atoms with E-state index in [4.69, 9.17) is 0 Å². The average molecular weight is 261 g/mol. The number of carbonyl (C=O) groups excluding carboxylic acids is 1. The molecule has 19 heavy (non-hydrogen) atoms. The molecule has 104 valence electrons. The van der Waals surface area contributed by atoms with Gasteiger partial charge < -0.3 is 15.6 Å². The summed E-state index contributed by atoms with van der Waals surface area (Å²) in [6.07, 6.45) is 7.30. The van der Waals surface area contributed by atoms with Crippen LogP contribution in [0.15, 0.2) is 24.3 Å². The Morgan fingerprint density at radius 1 is 1.21 bits per heavy atom. The molecule has 0 bridgehead atoms. The van der Waals surface area contributed by atoms with E-state index in [0.29, 0.717) is 12.3 Å². The van der Waals surface area contributed by atoms with Crippen LogP contribution in [-0.2, 0) is 4.79 Å². The first-order chi connectivity index (χ1) is 9.16. The number of benzene rings is 1. The van der Waals surface area contributed by atoms with Crippen molar-refractivity contribution in [2.45, 2.75) is 56.9 Å². The molecule has 0 amide bonds. The zero-order chi connectivity index (χ0) is 13.7. The summed E-state index contributed by atoms with van der Waals surface area (Å²) in [5, 5.41) is 10.5. The lowest BCUT2D eigenvalue weighted by molar-refractivity contribution is -0.428. The lowest BCUT2D eigenvalue weighted by Crippen LogP contribution is -2.53. The van der Waals surface area contributed by atoms with Gasteiger partial charge in [-0.25, -0.2) is 0 Å². The van der Waals surface area contributed by atoms with Crippen molar-refractivity contribution < 1.29 is 15.6 Å². The second kappa shape index (κ2) is 6.71. The summed E-state index contributed by atoms with van der Waals surface area (Å²) in [6, 6.07) is 8.65. The number of quaternary nitrogens is 1. The van der Waals surface area contributed by atoms with Crippen LogP contribution in [0.2, 0.25) is 0 Å². The fraction of sp³-hybridized carbons (Fsp3) is 0.562. The monoisotopic (exact) mass is 261 g/mol. The van der Waals surface area contributed by atoms with Crippen molar-refractivity contribution in [2.24, 2.45) is 0 Å². The van der Waals surface area contributed by atoms with Gasteiger partial charge in [-0.15, -0.1) is 0 Å². The van der Waals surface area contributed by atoms with Gasteiger partial charge >= 0.3 is 0 Å². The van der Waals surface area contributed by atoms with Crippen LogP contribution < -0.4 is 10.8 Å². The van der Waals surface area contributed by atoms with E-state index in [1.165, 1.54) is 37.7 Å². The Hall–Kier alpha value is -1.35. The highest BCUT2D eigenvalue weighted by molar-refractivity contribution is 5.64. The van der Waals surface area contributed by atoms with Gasteiger partial charge in [0, 0.05) is 18.0 Å². The third-order valence-electron chi connectivity index (χ3n) is 4.18. The van der Waals surface area contributed by atoms with E-state index >= 15 is 0 Å². The van der Waals surface area contributed by atoms with Crippen LogP contribution in [0.3, 0.4) is 0 Å². The molecule has 0 radical (unpaired) electrons. The quantitative estimate of drug-likeness (QED) is 0.873. The molecule has 0 saturated heterocycles. The Labute approximate surface area is 114 Å². The number of aliphatic carboxylic acids is 1. The van der Waals surface area contributed by atoms with Crippen molar-refractivity contribution in [2.75, 3.05) is 0 Å². The van der Waals surface area contributed by atoms with Crippen LogP contribution in [0.5, 0.6) is 0 Å². The number of carboxylic acids is 1. The minimum atomic E-state index is -0.993. The second-order valence-corrected chi connectivity index (χ2v) is 5.61. The summed E-state index contributed by atoms with van der Waals surface area (Å²) >= 11 is 0. The summed E-state index contributed by atoms with van der Waals surface area (Å²) in [7, 11) is 0. The average Bonchev–Trinajstić information content (AvgIpc) is 2.46. The van der Waals surface area contributed by atoms with Gasteiger partial charge in [-0.1, -0.05) is 43.5 Å². The summed E-state index contributed by atoms with van der Waals surface area (Å²) in [5.41, 5.74) is 6.58. The Balaban J connectivity index is 1.95. The van der Waals surface area contributed by atoms with Crippen LogP contribution in [0.4, 0.5) is 0 Å². The van der Waals surface area contributed by atoms with Crippen LogP contribution >= 0.6 is 0 Å². The summed E-state index contributed by atoms with van der Waals surface area (Å²) < 4.78 is 0. The third-order valence-corrected chi connectivity index (χ3v) is 4.18. The maximum absolute atomic E-state index is 10.5. The molecule has 1 atom stereocenters. The minimum Gasteiger partial charge on any atom is -0.550 e. The number of hydrogen-bond donors (Lipinski definition) is 1. The molecule has 1 saturated carbocycles. The van der Waals surface area contributed by atoms with Crippen molar-refractivity contribution in [3.63, 3.8) is 0 Å². The topological polar surface area (TPSA) is 67.8 Å². The SMILES string of the molecule is [NH3+][C@@H](CCC(=O)[O-])c1ccc(C2CCCCC2)cc1. The summed E-state index contributed by atoms with van der Waals surface area (Å²) in [5.74, 6) is -0.276. The second-order valence-electron chi connectivity index (χ2n) is 5.61. The highest BCUT2D eigenvalue weighted by atomic mass is 16.4. The maximum Gasteiger partial charge on any atom is 0.110 e. The van der Waals surface area contributed by atoms with E-state index in [2.05, 4.69) is 30.0 Å². The van der Waals surface area contributed by atoms with Gasteiger partial charge in [0.05, 0.1) is 0 Å². The molecule has 0 aliphatic heterocycles. The van der Waals surface area contributed by atoms with Crippen LogP contribution in [0.1, 0.15) is 68.0 Å². The molecule has 3 nitrogen and oxygen atoms in total. The molecule has 1 aromatic rings. The number of rotatable bonds is 5. The molecule has 1 aliphatic carbocycles. The van der Waals surface area contributed by atoms with Crippen LogP contribution in [0, 0.1) is 0 Å². The van der Waals surface area contributed by atoms with E-state index in [1.807, 2.05) is 0 Å². The lowest BCUT2D eigenvalue weighted by atomic mass is 9.83. The van der Waals surface area contributed by atoms with Gasteiger partial charge in [-0.3, -0.25) is 0 Å². The number of carbonyl (C=O) groups is 1. The van der Waals surface area contributed by atoms with E-state index in [9.17, 15) is 9.90 Å². The van der Waals surface area contributed by atoms with Gasteiger partial charge in [-0.2, -0.15) is 0 Å². The largest absolute Gasteiger partial charge is 0.550 e. The molecular formula is C16H23NO2. The molecule has 0 aromatic heterocycles. The van der Waals surface area contributed by atoms with Crippen molar-refractivity contribution in [1.29, 1.82) is 0 Å². The normalized spacial score (nSPS) is 18.2. The molecule has 1 fully saturated rings. The predicted octanol–water partition coefficient (Wildman–Crippen LogP) is 1.55. The van der Waals surface area contributed by atoms with Gasteiger partial charge in [0.15, 0.2) is 0 Å². The predicted molar refractivity (Wildman–Crippen MR) is 72.1 cm³/mol. The minimum absolute atomic E-state index is 0.0401. The lowest BCUT2D eigenvalue weighted by Gasteiger charge is -2.22. The first-order valence-electron chi connectivity index (χ1n) is 7.29. The molecule has 0 spiro atoms. The van der Waals surface area contributed by atoms with Gasteiger partial charge in [0.2, 0.25) is 0 Å². The number of carboxylic acid groups (broad SMARTS) is 1. The van der Waals surface area contributed by atoms with E-state index in [-0.39, 0.29) is 12.5 Å². The maximum atomic E-state index is 10.5. The third kappa shape index (κ3) is 4.06. The summed E-state index contributed by atoms with van der Waals surface area (Å²) in [4.78, 5) is 10.5. The standard InChI is InChI=1S/C16H23NO2/c17-15(10-11-16(18)19)14-8-6-13(7-9-14)12-4-2-1-3-5-12/h6-9,12,15H,1-5,10-11,17H2,(H,18,19)/t15-/m0/s1. The zero-order valence-electron chi connectivity index (χ0n) is 11.4. The molecule has 3 heteroatoms. The molecule has 1 aliphatic rings. The van der Waals surface area contributed by atoms with Gasteiger partial charge in [0.1, 0.15) is 6.04 Å². The van der Waals surface area contributed by atoms with E-state index < -0.39 is 5.97 Å². The molecule has 1 aromatic carbocycles. The molecular weight excluding hydrogens is 238 g/mol. The zero-order valence-corrected chi connectivity index (χ0v) is 11.4. The molecule has 0 heterocycles. The molecule has 3 N–H and O–H groups in total. The fourth-order valence-corrected chi connectivity index (χ4v) is 2.94. The molecule has 2 rings (SSSR count). The Kier molecular flexibility index (Phi) is 4.97. The number of hydrogen-bond acceptors (Lipinski definition) is 2. The highest BCUT2D eigenvalue weighted by Crippen LogP contribution is 2.32. The molecule has 0 unspecified atom stereocenters. The van der Waals surface area contributed by atoms with Gasteiger partial charge in [-0.05, 0) is 30.7 Å². The van der Waals surface area contributed by atoms with Crippen LogP contribution in [0.25, 0.3) is 0 Å². The van der Waals surface area contributed by atoms with Crippen LogP contribution in [-0.4, -0.2) is 5.97 Å². The Morgan fingerprint density at radius 3 is 2.42 bits per heavy atom. The first-order valence-corrected chi connectivity index (χ1v) is 7.29. The van der Waals surface area contributed by atoms with E-state index in [0.717, 1.165) is 5.56 Å². The Morgan fingerprint density at radius 2 is 1.84 bits per heavy atom. The smallest absolute Gasteiger partial charge is 0.110 e. The van der Waals surface area contributed by atoms with Crippen molar-refractivity contribution in [3.8, 4) is 0 Å². The first kappa shape index (κ1) is 14.1. The summed E-state index contributed by atoms with van der Waals surface area (Å²) in [6.45, 7) is 0. The van der Waals surface area contributed by atoms with Crippen molar-refractivity contribution >= 4 is 5.97 Å². The van der Waals surface area contributed by atoms with E-state index in [1.54, 1.807) is 0 Å². The Bertz CT molecular complexity index is 407. The fourth-order valence-electron chi connectivity index (χ4n) is 2.94.